The van der Waals surface area contributed by atoms with Crippen LogP contribution in [-0.2, 0) is 27.3 Å². The van der Waals surface area contributed by atoms with Gasteiger partial charge in [-0.1, -0.05) is 12.1 Å². The third-order valence-corrected chi connectivity index (χ3v) is 6.94. The first-order valence-electron chi connectivity index (χ1n) is 13.1. The zero-order valence-corrected chi connectivity index (χ0v) is 22.2. The normalized spacial score (nSPS) is 15.3. The Bertz CT molecular complexity index is 1300. The Labute approximate surface area is 223 Å². The number of benzene rings is 3. The van der Waals surface area contributed by atoms with Crippen LogP contribution in [-0.4, -0.2) is 46.1 Å². The average molecular weight is 519 g/mol. The van der Waals surface area contributed by atoms with Crippen LogP contribution in [0.15, 0.2) is 48.5 Å². The van der Waals surface area contributed by atoms with Crippen molar-refractivity contribution in [3.05, 3.63) is 70.8 Å². The van der Waals surface area contributed by atoms with Crippen molar-refractivity contribution in [2.75, 3.05) is 40.1 Å². The summed E-state index contributed by atoms with van der Waals surface area (Å²) in [6, 6.07) is 16.2. The summed E-state index contributed by atoms with van der Waals surface area (Å²) in [7, 11) is 1.40. The molecule has 3 aromatic carbocycles. The number of esters is 1. The summed E-state index contributed by atoms with van der Waals surface area (Å²) in [4.78, 5) is 11.7. The number of rotatable bonds is 10. The fourth-order valence-electron chi connectivity index (χ4n) is 5.08. The maximum Gasteiger partial charge on any atom is 0.306 e. The summed E-state index contributed by atoms with van der Waals surface area (Å²) in [5.74, 6) is 2.99. The molecule has 2 heterocycles. The Morgan fingerprint density at radius 1 is 0.974 bits per heavy atom. The maximum absolute atomic E-state index is 11.7. The molecule has 0 aliphatic carbocycles. The highest BCUT2D eigenvalue weighted by atomic mass is 16.5. The van der Waals surface area contributed by atoms with Gasteiger partial charge in [0.15, 0.2) is 0 Å². The Morgan fingerprint density at radius 3 is 2.71 bits per heavy atom. The summed E-state index contributed by atoms with van der Waals surface area (Å²) in [6.07, 6.45) is 1.12. The zero-order valence-electron chi connectivity index (χ0n) is 22.2. The van der Waals surface area contributed by atoms with Crippen LogP contribution in [0.3, 0.4) is 0 Å². The van der Waals surface area contributed by atoms with Crippen molar-refractivity contribution < 1.29 is 33.2 Å². The molecule has 0 radical (unpaired) electrons. The molecule has 3 aromatic rings. The van der Waals surface area contributed by atoms with Gasteiger partial charge in [0.1, 0.15) is 36.2 Å². The standard InChI is InChI=1S/C31H34O7/c1-4-34-11-12-35-25-13-20(2)31-22(15-25)9-10-36-28-8-5-21(14-27(28)31)18-37-24-6-7-26-23(16-30(32)33-3)19-38-29(26)17-24/h5-8,13-15,17,23H,4,9-12,16,18-19H2,1-3H3/t23-/m1/s1. The molecule has 7 heteroatoms. The zero-order chi connectivity index (χ0) is 26.5. The number of carbonyl (C=O) groups excluding carboxylic acids is 1. The van der Waals surface area contributed by atoms with Crippen molar-refractivity contribution in [2.24, 2.45) is 0 Å². The van der Waals surface area contributed by atoms with Gasteiger partial charge >= 0.3 is 5.97 Å². The molecular weight excluding hydrogens is 484 g/mol. The summed E-state index contributed by atoms with van der Waals surface area (Å²) >= 11 is 0. The summed E-state index contributed by atoms with van der Waals surface area (Å²) in [5.41, 5.74) is 6.68. The molecule has 0 aromatic heterocycles. The molecule has 2 aliphatic heterocycles. The molecule has 0 bridgehead atoms. The van der Waals surface area contributed by atoms with Gasteiger partial charge in [-0.15, -0.1) is 0 Å². The molecule has 0 spiro atoms. The number of ether oxygens (including phenoxy) is 6. The number of methoxy groups -OCH3 is 1. The first-order chi connectivity index (χ1) is 18.6. The van der Waals surface area contributed by atoms with E-state index in [0.717, 1.165) is 51.7 Å². The Balaban J connectivity index is 1.31. The van der Waals surface area contributed by atoms with E-state index in [1.165, 1.54) is 18.2 Å². The van der Waals surface area contributed by atoms with Gasteiger partial charge in [-0.25, -0.2) is 0 Å². The first kappa shape index (κ1) is 25.9. The van der Waals surface area contributed by atoms with E-state index in [1.807, 2.05) is 37.3 Å². The molecular formula is C31H34O7. The Kier molecular flexibility index (Phi) is 8.03. The van der Waals surface area contributed by atoms with Gasteiger partial charge in [0, 0.05) is 36.1 Å². The number of fused-ring (bicyclic) bond motifs is 4. The van der Waals surface area contributed by atoms with Gasteiger partial charge < -0.3 is 28.4 Å². The van der Waals surface area contributed by atoms with Crippen molar-refractivity contribution in [1.29, 1.82) is 0 Å². The van der Waals surface area contributed by atoms with Crippen LogP contribution in [0.25, 0.3) is 11.1 Å². The van der Waals surface area contributed by atoms with Crippen LogP contribution in [0, 0.1) is 6.92 Å². The molecule has 0 fully saturated rings. The second-order valence-electron chi connectivity index (χ2n) is 9.53. The molecule has 200 valence electrons. The van der Waals surface area contributed by atoms with Crippen molar-refractivity contribution in [3.63, 3.8) is 0 Å². The monoisotopic (exact) mass is 518 g/mol. The molecule has 1 atom stereocenters. The molecule has 0 amide bonds. The number of hydrogen-bond donors (Lipinski definition) is 0. The molecule has 38 heavy (non-hydrogen) atoms. The smallest absolute Gasteiger partial charge is 0.306 e. The SMILES string of the molecule is CCOCCOc1cc(C)c2c(c1)CCOc1ccc(COc3ccc4c(c3)OC[C@H]4CC(=O)OC)cc1-2. The van der Waals surface area contributed by atoms with E-state index in [1.54, 1.807) is 0 Å². The molecule has 0 saturated carbocycles. The quantitative estimate of drug-likeness (QED) is 0.254. The van der Waals surface area contributed by atoms with E-state index in [9.17, 15) is 4.79 Å². The highest BCUT2D eigenvalue weighted by molar-refractivity contribution is 5.78. The van der Waals surface area contributed by atoms with E-state index in [4.69, 9.17) is 28.4 Å². The lowest BCUT2D eigenvalue weighted by atomic mass is 9.92. The van der Waals surface area contributed by atoms with Gasteiger partial charge in [-0.05, 0) is 66.4 Å². The summed E-state index contributed by atoms with van der Waals surface area (Å²) in [6.45, 7) is 7.38. The second kappa shape index (κ2) is 11.8. The van der Waals surface area contributed by atoms with Crippen LogP contribution in [0.5, 0.6) is 23.0 Å². The summed E-state index contributed by atoms with van der Waals surface area (Å²) in [5, 5.41) is 0. The fraction of sp³-hybridized carbons (Fsp3) is 0.387. The van der Waals surface area contributed by atoms with Crippen molar-refractivity contribution in [3.8, 4) is 34.1 Å². The minimum atomic E-state index is -0.235. The molecule has 5 rings (SSSR count). The van der Waals surface area contributed by atoms with Crippen LogP contribution >= 0.6 is 0 Å². The second-order valence-corrected chi connectivity index (χ2v) is 9.53. The van der Waals surface area contributed by atoms with Crippen molar-refractivity contribution in [1.82, 2.24) is 0 Å². The third kappa shape index (κ3) is 5.73. The highest BCUT2D eigenvalue weighted by Crippen LogP contribution is 2.41. The van der Waals surface area contributed by atoms with Gasteiger partial charge in [-0.2, -0.15) is 0 Å². The minimum Gasteiger partial charge on any atom is -0.493 e. The fourth-order valence-corrected chi connectivity index (χ4v) is 5.08. The largest absolute Gasteiger partial charge is 0.493 e. The van der Waals surface area contributed by atoms with Gasteiger partial charge in [-0.3, -0.25) is 4.79 Å². The summed E-state index contributed by atoms with van der Waals surface area (Å²) < 4.78 is 34.2. The number of carbonyl (C=O) groups is 1. The molecule has 0 unspecified atom stereocenters. The lowest BCUT2D eigenvalue weighted by Crippen LogP contribution is -2.09. The van der Waals surface area contributed by atoms with Gasteiger partial charge in [0.05, 0.1) is 33.4 Å². The third-order valence-electron chi connectivity index (χ3n) is 6.94. The van der Waals surface area contributed by atoms with E-state index >= 15 is 0 Å². The van der Waals surface area contributed by atoms with Crippen LogP contribution in [0.2, 0.25) is 0 Å². The van der Waals surface area contributed by atoms with Crippen LogP contribution < -0.4 is 18.9 Å². The molecule has 7 nitrogen and oxygen atoms in total. The molecule has 0 N–H and O–H groups in total. The van der Waals surface area contributed by atoms with Gasteiger partial charge in [0.2, 0.25) is 0 Å². The van der Waals surface area contributed by atoms with E-state index in [2.05, 4.69) is 25.1 Å². The van der Waals surface area contributed by atoms with Gasteiger partial charge in [0.25, 0.3) is 0 Å². The van der Waals surface area contributed by atoms with Crippen LogP contribution in [0.1, 0.15) is 41.5 Å². The first-order valence-corrected chi connectivity index (χ1v) is 13.1. The topological polar surface area (TPSA) is 72.5 Å². The lowest BCUT2D eigenvalue weighted by Gasteiger charge is -2.16. The predicted octanol–water partition coefficient (Wildman–Crippen LogP) is 5.63. The molecule has 2 aliphatic rings. The van der Waals surface area contributed by atoms with Crippen LogP contribution in [0.4, 0.5) is 0 Å². The highest BCUT2D eigenvalue weighted by Gasteiger charge is 2.27. The average Bonchev–Trinajstić information content (AvgIpc) is 3.21. The number of aryl methyl sites for hydroxylation is 1. The predicted molar refractivity (Wildman–Crippen MR) is 143 cm³/mol. The van der Waals surface area contributed by atoms with E-state index in [0.29, 0.717) is 46.1 Å². The molecule has 0 saturated heterocycles. The van der Waals surface area contributed by atoms with Crippen molar-refractivity contribution in [2.45, 2.75) is 39.2 Å². The lowest BCUT2D eigenvalue weighted by molar-refractivity contribution is -0.141. The minimum absolute atomic E-state index is 0.00924. The van der Waals surface area contributed by atoms with E-state index in [-0.39, 0.29) is 11.9 Å². The van der Waals surface area contributed by atoms with E-state index < -0.39 is 0 Å². The van der Waals surface area contributed by atoms with Crippen molar-refractivity contribution >= 4 is 5.97 Å². The maximum atomic E-state index is 11.7. The number of hydrogen-bond acceptors (Lipinski definition) is 7. The Hall–Kier alpha value is -3.71. The Morgan fingerprint density at radius 2 is 1.87 bits per heavy atom.